The third kappa shape index (κ3) is 1.98. The first-order chi connectivity index (χ1) is 5.27. The first-order valence-electron chi connectivity index (χ1n) is 4.34. The molecule has 0 bridgehead atoms. The molecule has 0 unspecified atom stereocenters. The van der Waals surface area contributed by atoms with Crippen LogP contribution in [0.1, 0.15) is 27.7 Å². The monoisotopic (exact) mass is 181 g/mol. The molecule has 0 aromatic heterocycles. The summed E-state index contributed by atoms with van der Waals surface area (Å²) in [4.78, 5) is 0. The van der Waals surface area contributed by atoms with E-state index >= 15 is 0 Å². The number of allylic oxidation sites excluding steroid dienone is 2. The van der Waals surface area contributed by atoms with Crippen LogP contribution in [0.3, 0.4) is 0 Å². The lowest BCUT2D eigenvalue weighted by atomic mass is 10.2. The molecule has 0 saturated heterocycles. The van der Waals surface area contributed by atoms with Crippen molar-refractivity contribution in [3.63, 3.8) is 0 Å². The van der Waals surface area contributed by atoms with Gasteiger partial charge in [0, 0.05) is 5.20 Å². The lowest BCUT2D eigenvalue weighted by molar-refractivity contribution is 0.726. The molecule has 0 fully saturated rings. The summed E-state index contributed by atoms with van der Waals surface area (Å²) in [6.45, 7) is 13.1. The zero-order chi connectivity index (χ0) is 9.99. The molecule has 0 aliphatic heterocycles. The van der Waals surface area contributed by atoms with Crippen molar-refractivity contribution >= 4 is 8.07 Å². The smallest absolute Gasteiger partial charge is 0.0990 e. The van der Waals surface area contributed by atoms with Gasteiger partial charge in [0.1, 0.15) is 0 Å². The van der Waals surface area contributed by atoms with Crippen LogP contribution in [0.5, 0.6) is 0 Å². The van der Waals surface area contributed by atoms with Gasteiger partial charge in [-0.25, -0.2) is 0 Å². The van der Waals surface area contributed by atoms with Gasteiger partial charge < -0.3 is 0 Å². The van der Waals surface area contributed by atoms with Gasteiger partial charge in [-0.2, -0.15) is 5.26 Å². The van der Waals surface area contributed by atoms with Crippen LogP contribution in [0.4, 0.5) is 0 Å². The average molecular weight is 181 g/mol. The van der Waals surface area contributed by atoms with Crippen molar-refractivity contribution in [3.05, 3.63) is 11.3 Å². The average Bonchev–Trinajstić information content (AvgIpc) is 1.87. The zero-order valence-corrected chi connectivity index (χ0v) is 10.0. The van der Waals surface area contributed by atoms with E-state index in [9.17, 15) is 0 Å². The van der Waals surface area contributed by atoms with Gasteiger partial charge in [-0.15, -0.1) is 0 Å². The van der Waals surface area contributed by atoms with Crippen LogP contribution in [0.2, 0.25) is 18.1 Å². The highest BCUT2D eigenvalue weighted by atomic mass is 28.3. The fraction of sp³-hybridized carbons (Fsp3) is 0.700. The number of nitriles is 1. The molecular formula is C10H19NSi. The number of rotatable bonds is 1. The highest BCUT2D eigenvalue weighted by molar-refractivity contribution is 6.87. The molecule has 0 radical (unpaired) electrons. The Labute approximate surface area is 77.1 Å². The summed E-state index contributed by atoms with van der Waals surface area (Å²) in [6, 6.07) is 2.32. The number of hydrogen-bond donors (Lipinski definition) is 0. The first-order valence-corrected chi connectivity index (χ1v) is 7.34. The molecule has 0 aromatic carbocycles. The van der Waals surface area contributed by atoms with E-state index in [4.69, 9.17) is 5.26 Å². The summed E-state index contributed by atoms with van der Waals surface area (Å²) in [5.74, 6) is 0. The fourth-order valence-corrected chi connectivity index (χ4v) is 2.78. The minimum atomic E-state index is -1.53. The van der Waals surface area contributed by atoms with Gasteiger partial charge in [0.2, 0.25) is 0 Å². The molecule has 0 atom stereocenters. The second-order valence-corrected chi connectivity index (χ2v) is 9.98. The normalized spacial score (nSPS) is 14.2. The molecule has 68 valence electrons. The Morgan fingerprint density at radius 2 is 1.75 bits per heavy atom. The van der Waals surface area contributed by atoms with Crippen molar-refractivity contribution in [2.45, 2.75) is 45.8 Å². The highest BCUT2D eigenvalue weighted by Gasteiger charge is 2.38. The first kappa shape index (κ1) is 11.4. The summed E-state index contributed by atoms with van der Waals surface area (Å²) < 4.78 is 0. The zero-order valence-electron chi connectivity index (χ0n) is 9.02. The maximum atomic E-state index is 8.94. The van der Waals surface area contributed by atoms with Crippen LogP contribution in [0.15, 0.2) is 11.3 Å². The second kappa shape index (κ2) is 3.45. The minimum Gasteiger partial charge on any atom is -0.193 e. The standard InChI is InChI=1S/C10H19NSi/c1-7-9(8-11)12(5,6)10(2,3)4/h7H,1-6H3/b9-7-. The van der Waals surface area contributed by atoms with Crippen LogP contribution in [-0.2, 0) is 0 Å². The van der Waals surface area contributed by atoms with Gasteiger partial charge in [0.05, 0.1) is 14.1 Å². The van der Waals surface area contributed by atoms with E-state index in [2.05, 4.69) is 39.9 Å². The van der Waals surface area contributed by atoms with Crippen LogP contribution in [0.25, 0.3) is 0 Å². The van der Waals surface area contributed by atoms with Gasteiger partial charge in [-0.1, -0.05) is 39.9 Å². The van der Waals surface area contributed by atoms with Crippen molar-refractivity contribution < 1.29 is 0 Å². The maximum absolute atomic E-state index is 8.94. The van der Waals surface area contributed by atoms with Gasteiger partial charge >= 0.3 is 0 Å². The molecule has 1 nitrogen and oxygen atoms in total. The van der Waals surface area contributed by atoms with E-state index in [1.807, 2.05) is 13.0 Å². The molecule has 0 rings (SSSR count). The van der Waals surface area contributed by atoms with Crippen molar-refractivity contribution in [1.82, 2.24) is 0 Å². The Bertz CT molecular complexity index is 225. The molecule has 0 spiro atoms. The maximum Gasteiger partial charge on any atom is 0.0990 e. The fourth-order valence-electron chi connectivity index (χ4n) is 0.969. The predicted molar refractivity (Wildman–Crippen MR) is 56.6 cm³/mol. The molecule has 0 aliphatic rings. The SMILES string of the molecule is C/C=C(/C#N)[Si](C)(C)C(C)(C)C. The topological polar surface area (TPSA) is 23.8 Å². The van der Waals surface area contributed by atoms with E-state index < -0.39 is 8.07 Å². The van der Waals surface area contributed by atoms with Gasteiger partial charge in [-0.05, 0) is 12.0 Å². The lowest BCUT2D eigenvalue weighted by Gasteiger charge is -2.36. The Morgan fingerprint density at radius 3 is 1.83 bits per heavy atom. The number of nitrogens with zero attached hydrogens (tertiary/aromatic N) is 1. The van der Waals surface area contributed by atoms with E-state index in [1.165, 1.54) is 0 Å². The lowest BCUT2D eigenvalue weighted by Crippen LogP contribution is -2.39. The second-order valence-electron chi connectivity index (χ2n) is 4.69. The molecule has 0 amide bonds. The third-order valence-electron chi connectivity index (χ3n) is 2.96. The van der Waals surface area contributed by atoms with Crippen LogP contribution in [-0.4, -0.2) is 8.07 Å². The summed E-state index contributed by atoms with van der Waals surface area (Å²) in [7, 11) is -1.53. The van der Waals surface area contributed by atoms with Crippen molar-refractivity contribution in [3.8, 4) is 6.07 Å². The van der Waals surface area contributed by atoms with E-state index in [1.54, 1.807) is 0 Å². The Morgan fingerprint density at radius 1 is 1.33 bits per heavy atom. The van der Waals surface area contributed by atoms with Gasteiger partial charge in [0.15, 0.2) is 0 Å². The summed E-state index contributed by atoms with van der Waals surface area (Å²) >= 11 is 0. The summed E-state index contributed by atoms with van der Waals surface area (Å²) in [5, 5.41) is 10.2. The Kier molecular flexibility index (Phi) is 3.29. The minimum absolute atomic E-state index is 0.268. The predicted octanol–water partition coefficient (Wildman–Crippen LogP) is 3.50. The largest absolute Gasteiger partial charge is 0.193 e. The summed E-state index contributed by atoms with van der Waals surface area (Å²) in [6.07, 6.45) is 1.97. The Hall–Kier alpha value is -0.553. The third-order valence-corrected chi connectivity index (χ3v) is 8.45. The Balaban J connectivity index is 5.01. The molecular weight excluding hydrogens is 162 g/mol. The van der Waals surface area contributed by atoms with Crippen LogP contribution < -0.4 is 0 Å². The molecule has 0 heterocycles. The molecule has 0 aromatic rings. The highest BCUT2D eigenvalue weighted by Crippen LogP contribution is 2.40. The van der Waals surface area contributed by atoms with Crippen LogP contribution in [0, 0.1) is 11.3 Å². The molecule has 2 heteroatoms. The van der Waals surface area contributed by atoms with E-state index in [0.717, 1.165) is 5.20 Å². The van der Waals surface area contributed by atoms with E-state index in [0.29, 0.717) is 0 Å². The van der Waals surface area contributed by atoms with Crippen LogP contribution >= 0.6 is 0 Å². The van der Waals surface area contributed by atoms with Crippen molar-refractivity contribution in [2.24, 2.45) is 0 Å². The molecule has 0 aliphatic carbocycles. The number of hydrogen-bond acceptors (Lipinski definition) is 1. The quantitative estimate of drug-likeness (QED) is 0.448. The molecule has 12 heavy (non-hydrogen) atoms. The molecule has 0 N–H and O–H groups in total. The van der Waals surface area contributed by atoms with Crippen molar-refractivity contribution in [2.75, 3.05) is 0 Å². The van der Waals surface area contributed by atoms with Gasteiger partial charge in [-0.3, -0.25) is 0 Å². The van der Waals surface area contributed by atoms with E-state index in [-0.39, 0.29) is 5.04 Å². The molecule has 0 saturated carbocycles. The van der Waals surface area contributed by atoms with Crippen molar-refractivity contribution in [1.29, 1.82) is 5.26 Å². The summed E-state index contributed by atoms with van der Waals surface area (Å²) in [5.41, 5.74) is 0. The van der Waals surface area contributed by atoms with Gasteiger partial charge in [0.25, 0.3) is 0 Å².